The average molecular weight is 415 g/mol. The molecule has 1 aliphatic heterocycles. The summed E-state index contributed by atoms with van der Waals surface area (Å²) >= 11 is 0. The Morgan fingerprint density at radius 2 is 1.70 bits per heavy atom. The lowest BCUT2D eigenvalue weighted by atomic mass is 9.82. The van der Waals surface area contributed by atoms with Gasteiger partial charge in [0.1, 0.15) is 11.5 Å². The summed E-state index contributed by atoms with van der Waals surface area (Å²) in [4.78, 5) is 15.1. The maximum atomic E-state index is 15.6. The van der Waals surface area contributed by atoms with Crippen LogP contribution in [0.1, 0.15) is 40.7 Å². The predicted octanol–water partition coefficient (Wildman–Crippen LogP) is 4.59. The van der Waals surface area contributed by atoms with Gasteiger partial charge < -0.3 is 9.47 Å². The summed E-state index contributed by atoms with van der Waals surface area (Å²) < 4.78 is 39.3. The zero-order valence-electron chi connectivity index (χ0n) is 17.4. The van der Waals surface area contributed by atoms with Crippen molar-refractivity contribution in [1.29, 1.82) is 0 Å². The Morgan fingerprint density at radius 1 is 1.07 bits per heavy atom. The highest BCUT2D eigenvalue weighted by atomic mass is 19.1. The number of ketones is 1. The fourth-order valence-electron chi connectivity index (χ4n) is 4.67. The summed E-state index contributed by atoms with van der Waals surface area (Å²) in [5, 5.41) is 0. The molecule has 1 saturated heterocycles. The number of likely N-dealkylation sites (tertiary alicyclic amines) is 1. The molecule has 0 radical (unpaired) electrons. The third kappa shape index (κ3) is 4.19. The molecule has 0 bridgehead atoms. The van der Waals surface area contributed by atoms with E-state index in [9.17, 15) is 9.18 Å². The van der Waals surface area contributed by atoms with Crippen molar-refractivity contribution in [3.63, 3.8) is 0 Å². The molecule has 0 spiro atoms. The molecule has 0 unspecified atom stereocenters. The number of nitrogens with zero attached hydrogens (tertiary/aromatic N) is 1. The van der Waals surface area contributed by atoms with E-state index < -0.39 is 5.67 Å². The van der Waals surface area contributed by atoms with Gasteiger partial charge in [-0.3, -0.25) is 9.69 Å². The van der Waals surface area contributed by atoms with Crippen molar-refractivity contribution in [3.05, 3.63) is 58.9 Å². The lowest BCUT2D eigenvalue weighted by molar-refractivity contribution is 0.0336. The maximum absolute atomic E-state index is 15.6. The van der Waals surface area contributed by atoms with Crippen LogP contribution in [0.4, 0.5) is 8.78 Å². The first-order valence-electron chi connectivity index (χ1n) is 10.4. The Bertz CT molecular complexity index is 921. The number of methoxy groups -OCH3 is 2. The van der Waals surface area contributed by atoms with E-state index in [1.54, 1.807) is 25.3 Å². The third-order valence-corrected chi connectivity index (χ3v) is 6.40. The molecule has 2 aliphatic rings. The molecule has 0 aromatic heterocycles. The van der Waals surface area contributed by atoms with Crippen LogP contribution in [0.3, 0.4) is 0 Å². The summed E-state index contributed by atoms with van der Waals surface area (Å²) in [5.74, 6) is 0.517. The first-order valence-corrected chi connectivity index (χ1v) is 10.4. The van der Waals surface area contributed by atoms with Crippen LogP contribution in [0.5, 0.6) is 11.5 Å². The van der Waals surface area contributed by atoms with Crippen LogP contribution in [0.25, 0.3) is 0 Å². The second kappa shape index (κ2) is 8.34. The molecule has 6 heteroatoms. The van der Waals surface area contributed by atoms with E-state index in [1.807, 2.05) is 6.07 Å². The number of carbonyl (C=O) groups is 1. The first-order chi connectivity index (χ1) is 14.4. The van der Waals surface area contributed by atoms with Gasteiger partial charge in [0.05, 0.1) is 14.2 Å². The number of benzene rings is 2. The standard InChI is InChI=1S/C24H27F2NO3/c1-29-21-12-17-11-18(23(28)20(17)13-22(21)30-2)14-24(26)7-9-27(10-8-24)15-16-3-5-19(25)6-4-16/h3-6,12-13,18H,7-11,14-15H2,1-2H3/t18-/m1/s1. The Morgan fingerprint density at radius 3 is 2.33 bits per heavy atom. The van der Waals surface area contributed by atoms with E-state index in [-0.39, 0.29) is 23.9 Å². The van der Waals surface area contributed by atoms with Crippen LogP contribution in [-0.4, -0.2) is 43.7 Å². The number of fused-ring (bicyclic) bond motifs is 1. The van der Waals surface area contributed by atoms with E-state index in [2.05, 4.69) is 4.90 Å². The molecule has 1 heterocycles. The minimum atomic E-state index is -1.34. The highest BCUT2D eigenvalue weighted by Crippen LogP contribution is 2.42. The molecule has 160 valence electrons. The quantitative estimate of drug-likeness (QED) is 0.692. The van der Waals surface area contributed by atoms with Crippen molar-refractivity contribution in [2.75, 3.05) is 27.3 Å². The highest BCUT2D eigenvalue weighted by Gasteiger charge is 2.41. The molecule has 1 atom stereocenters. The normalized spacial score (nSPS) is 20.8. The number of hydrogen-bond donors (Lipinski definition) is 0. The number of alkyl halides is 1. The number of halogens is 2. The van der Waals surface area contributed by atoms with Crippen molar-refractivity contribution < 1.29 is 23.0 Å². The fraction of sp³-hybridized carbons (Fsp3) is 0.458. The number of hydrogen-bond acceptors (Lipinski definition) is 4. The smallest absolute Gasteiger partial charge is 0.166 e. The van der Waals surface area contributed by atoms with E-state index in [0.717, 1.165) is 11.1 Å². The molecule has 2 aromatic rings. The summed E-state index contributed by atoms with van der Waals surface area (Å²) in [7, 11) is 3.10. The Hall–Kier alpha value is -2.47. The predicted molar refractivity (Wildman–Crippen MR) is 110 cm³/mol. The maximum Gasteiger partial charge on any atom is 0.166 e. The van der Waals surface area contributed by atoms with Gasteiger partial charge in [0, 0.05) is 31.1 Å². The highest BCUT2D eigenvalue weighted by molar-refractivity contribution is 6.03. The molecule has 1 aliphatic carbocycles. The zero-order chi connectivity index (χ0) is 21.3. The van der Waals surface area contributed by atoms with Gasteiger partial charge in [-0.25, -0.2) is 8.78 Å². The molecule has 4 nitrogen and oxygen atoms in total. The lowest BCUT2D eigenvalue weighted by Gasteiger charge is -2.37. The van der Waals surface area contributed by atoms with Gasteiger partial charge in [-0.2, -0.15) is 0 Å². The summed E-state index contributed by atoms with van der Waals surface area (Å²) in [6.07, 6.45) is 1.59. The monoisotopic (exact) mass is 415 g/mol. The van der Waals surface area contributed by atoms with Crippen molar-refractivity contribution in [3.8, 4) is 11.5 Å². The van der Waals surface area contributed by atoms with Crippen molar-refractivity contribution in [2.24, 2.45) is 5.92 Å². The third-order valence-electron chi connectivity index (χ3n) is 6.40. The minimum absolute atomic E-state index is 0.00304. The fourth-order valence-corrected chi connectivity index (χ4v) is 4.67. The molecule has 0 saturated carbocycles. The number of ether oxygens (including phenoxy) is 2. The van der Waals surface area contributed by atoms with Crippen LogP contribution in [0.15, 0.2) is 36.4 Å². The molecular weight excluding hydrogens is 388 g/mol. The molecule has 1 fully saturated rings. The summed E-state index contributed by atoms with van der Waals surface area (Å²) in [5.41, 5.74) is 1.21. The van der Waals surface area contributed by atoms with Crippen LogP contribution >= 0.6 is 0 Å². The number of piperidine rings is 1. The molecule has 0 N–H and O–H groups in total. The molecular formula is C24H27F2NO3. The van der Waals surface area contributed by atoms with Crippen LogP contribution in [0.2, 0.25) is 0 Å². The van der Waals surface area contributed by atoms with Crippen LogP contribution in [0, 0.1) is 11.7 Å². The summed E-state index contributed by atoms with van der Waals surface area (Å²) in [6.45, 7) is 1.94. The van der Waals surface area contributed by atoms with Gasteiger partial charge >= 0.3 is 0 Å². The Balaban J connectivity index is 1.37. The second-order valence-corrected chi connectivity index (χ2v) is 8.39. The number of carbonyl (C=O) groups excluding carboxylic acids is 1. The Labute approximate surface area is 175 Å². The largest absolute Gasteiger partial charge is 0.493 e. The molecule has 0 amide bonds. The topological polar surface area (TPSA) is 38.8 Å². The van der Waals surface area contributed by atoms with E-state index in [1.165, 1.54) is 19.2 Å². The average Bonchev–Trinajstić information content (AvgIpc) is 3.04. The Kier molecular flexibility index (Phi) is 5.78. The second-order valence-electron chi connectivity index (χ2n) is 8.39. The van der Waals surface area contributed by atoms with E-state index in [0.29, 0.717) is 56.0 Å². The van der Waals surface area contributed by atoms with E-state index in [4.69, 9.17) is 9.47 Å². The SMILES string of the molecule is COc1cc2c(cc1OC)C(=O)[C@@H](CC1(F)CCN(Cc3ccc(F)cc3)CC1)C2. The van der Waals surface area contributed by atoms with Gasteiger partial charge in [-0.15, -0.1) is 0 Å². The van der Waals surface area contributed by atoms with E-state index >= 15 is 4.39 Å². The first kappa shape index (κ1) is 20.8. The zero-order valence-corrected chi connectivity index (χ0v) is 17.4. The number of rotatable bonds is 6. The van der Waals surface area contributed by atoms with Gasteiger partial charge in [0.2, 0.25) is 0 Å². The van der Waals surface area contributed by atoms with Gasteiger partial charge in [0.25, 0.3) is 0 Å². The van der Waals surface area contributed by atoms with Gasteiger partial charge in [-0.05, 0) is 61.1 Å². The molecule has 4 rings (SSSR count). The minimum Gasteiger partial charge on any atom is -0.493 e. The lowest BCUT2D eigenvalue weighted by Crippen LogP contribution is -2.42. The number of Topliss-reactive ketones (excluding diaryl/α,β-unsaturated/α-hetero) is 1. The summed E-state index contributed by atoms with van der Waals surface area (Å²) in [6, 6.07) is 9.99. The van der Waals surface area contributed by atoms with Gasteiger partial charge in [0.15, 0.2) is 17.3 Å². The molecule has 30 heavy (non-hydrogen) atoms. The van der Waals surface area contributed by atoms with Crippen molar-refractivity contribution in [1.82, 2.24) is 4.90 Å². The van der Waals surface area contributed by atoms with Crippen molar-refractivity contribution in [2.45, 2.75) is 37.9 Å². The van der Waals surface area contributed by atoms with Crippen molar-refractivity contribution >= 4 is 5.78 Å². The van der Waals surface area contributed by atoms with Crippen LogP contribution in [-0.2, 0) is 13.0 Å². The molecule has 2 aromatic carbocycles. The van der Waals surface area contributed by atoms with Gasteiger partial charge in [-0.1, -0.05) is 12.1 Å². The van der Waals surface area contributed by atoms with Crippen LogP contribution < -0.4 is 9.47 Å².